The smallest absolute Gasteiger partial charge is 0.162 e. The van der Waals surface area contributed by atoms with E-state index in [4.69, 9.17) is 5.73 Å². The van der Waals surface area contributed by atoms with Gasteiger partial charge in [0.05, 0.1) is 0 Å². The molecule has 0 aliphatic heterocycles. The Kier molecular flexibility index (Phi) is 2.52. The van der Waals surface area contributed by atoms with Crippen molar-refractivity contribution >= 4 is 0 Å². The van der Waals surface area contributed by atoms with E-state index in [1.54, 1.807) is 0 Å². The van der Waals surface area contributed by atoms with Gasteiger partial charge in [-0.1, -0.05) is 0 Å². The van der Waals surface area contributed by atoms with Crippen molar-refractivity contribution in [2.45, 2.75) is 38.3 Å². The molecule has 1 aliphatic rings. The van der Waals surface area contributed by atoms with Crippen LogP contribution in [0.2, 0.25) is 0 Å². The molecule has 0 amide bonds. The van der Waals surface area contributed by atoms with Crippen molar-refractivity contribution in [1.29, 1.82) is 0 Å². The first-order valence-electron chi connectivity index (χ1n) is 5.03. The molecule has 1 heterocycles. The van der Waals surface area contributed by atoms with Crippen LogP contribution >= 0.6 is 0 Å². The molecule has 5 nitrogen and oxygen atoms in total. The number of aliphatic hydroxyl groups is 1. The summed E-state index contributed by atoms with van der Waals surface area (Å²) < 4.78 is 2.04. The van der Waals surface area contributed by atoms with E-state index in [2.05, 4.69) is 10.2 Å². The van der Waals surface area contributed by atoms with E-state index in [1.807, 2.05) is 11.5 Å². The minimum atomic E-state index is -0.568. The predicted molar refractivity (Wildman–Crippen MR) is 51.7 cm³/mol. The molecule has 1 fully saturated rings. The highest BCUT2D eigenvalue weighted by atomic mass is 16.3. The lowest BCUT2D eigenvalue weighted by Gasteiger charge is -2.11. The Hall–Kier alpha value is -0.940. The standard InChI is InChI=1S/C9H16N4O/c1-6-11-12-9(8(14)4-5-10)13(6)7-2-3-7/h7-8,14H,2-5,10H2,1H3/t8-/m0/s1. The second-order valence-corrected chi connectivity index (χ2v) is 3.80. The molecule has 14 heavy (non-hydrogen) atoms. The van der Waals surface area contributed by atoms with Crippen LogP contribution in [0.4, 0.5) is 0 Å². The molecule has 0 spiro atoms. The average Bonchev–Trinajstić information content (AvgIpc) is 2.90. The summed E-state index contributed by atoms with van der Waals surface area (Å²) in [6.07, 6.45) is 2.31. The topological polar surface area (TPSA) is 77.0 Å². The lowest BCUT2D eigenvalue weighted by atomic mass is 10.2. The van der Waals surface area contributed by atoms with Crippen molar-refractivity contribution in [3.05, 3.63) is 11.6 Å². The van der Waals surface area contributed by atoms with Crippen molar-refractivity contribution < 1.29 is 5.11 Å². The fourth-order valence-corrected chi connectivity index (χ4v) is 1.68. The van der Waals surface area contributed by atoms with Gasteiger partial charge in [0.1, 0.15) is 11.9 Å². The zero-order valence-electron chi connectivity index (χ0n) is 8.35. The molecule has 1 aliphatic carbocycles. The molecule has 0 saturated heterocycles. The van der Waals surface area contributed by atoms with Crippen LogP contribution in [0.5, 0.6) is 0 Å². The van der Waals surface area contributed by atoms with E-state index in [1.165, 1.54) is 12.8 Å². The highest BCUT2D eigenvalue weighted by Gasteiger charge is 2.30. The largest absolute Gasteiger partial charge is 0.385 e. The van der Waals surface area contributed by atoms with E-state index >= 15 is 0 Å². The Morgan fingerprint density at radius 3 is 2.86 bits per heavy atom. The highest BCUT2D eigenvalue weighted by Crippen LogP contribution is 2.37. The first-order chi connectivity index (χ1) is 6.74. The Labute approximate surface area is 82.9 Å². The average molecular weight is 196 g/mol. The van der Waals surface area contributed by atoms with Gasteiger partial charge in [-0.25, -0.2) is 0 Å². The van der Waals surface area contributed by atoms with Crippen LogP contribution in [0.1, 0.15) is 43.1 Å². The summed E-state index contributed by atoms with van der Waals surface area (Å²) in [5.41, 5.74) is 5.40. The summed E-state index contributed by atoms with van der Waals surface area (Å²) in [5, 5.41) is 17.8. The molecular formula is C9H16N4O. The van der Waals surface area contributed by atoms with Gasteiger partial charge < -0.3 is 15.4 Å². The van der Waals surface area contributed by atoms with E-state index in [0.29, 0.717) is 24.8 Å². The number of hydrogen-bond donors (Lipinski definition) is 2. The second-order valence-electron chi connectivity index (χ2n) is 3.80. The normalized spacial score (nSPS) is 18.5. The molecule has 0 radical (unpaired) electrons. The maximum atomic E-state index is 9.79. The van der Waals surface area contributed by atoms with Gasteiger partial charge in [0.25, 0.3) is 0 Å². The van der Waals surface area contributed by atoms with E-state index in [-0.39, 0.29) is 0 Å². The number of nitrogens with two attached hydrogens (primary N) is 1. The SMILES string of the molecule is Cc1nnc([C@@H](O)CCN)n1C1CC1. The molecule has 1 aromatic heterocycles. The van der Waals surface area contributed by atoms with Crippen molar-refractivity contribution in [3.63, 3.8) is 0 Å². The van der Waals surface area contributed by atoms with Gasteiger partial charge in [0.2, 0.25) is 0 Å². The van der Waals surface area contributed by atoms with Crippen LogP contribution in [0.3, 0.4) is 0 Å². The molecule has 1 aromatic rings. The Morgan fingerprint density at radius 1 is 1.57 bits per heavy atom. The molecule has 0 unspecified atom stereocenters. The second kappa shape index (κ2) is 3.67. The molecule has 0 bridgehead atoms. The van der Waals surface area contributed by atoms with Crippen molar-refractivity contribution in [2.24, 2.45) is 5.73 Å². The Morgan fingerprint density at radius 2 is 2.29 bits per heavy atom. The zero-order valence-corrected chi connectivity index (χ0v) is 8.35. The fourth-order valence-electron chi connectivity index (χ4n) is 1.68. The molecule has 2 rings (SSSR count). The Bertz CT molecular complexity index is 319. The lowest BCUT2D eigenvalue weighted by Crippen LogP contribution is -2.12. The van der Waals surface area contributed by atoms with Gasteiger partial charge in [-0.15, -0.1) is 10.2 Å². The predicted octanol–water partition coefficient (Wildman–Crippen LogP) is 0.304. The van der Waals surface area contributed by atoms with Crippen LogP contribution in [0, 0.1) is 6.92 Å². The van der Waals surface area contributed by atoms with Gasteiger partial charge in [-0.05, 0) is 32.7 Å². The molecule has 1 saturated carbocycles. The lowest BCUT2D eigenvalue weighted by molar-refractivity contribution is 0.155. The summed E-state index contributed by atoms with van der Waals surface area (Å²) in [6.45, 7) is 2.39. The number of hydrogen-bond acceptors (Lipinski definition) is 4. The van der Waals surface area contributed by atoms with E-state index in [0.717, 1.165) is 5.82 Å². The van der Waals surface area contributed by atoms with Gasteiger partial charge in [-0.3, -0.25) is 0 Å². The molecule has 3 N–H and O–H groups in total. The van der Waals surface area contributed by atoms with Gasteiger partial charge in [0.15, 0.2) is 5.82 Å². The monoisotopic (exact) mass is 196 g/mol. The summed E-state index contributed by atoms with van der Waals surface area (Å²) in [7, 11) is 0. The molecule has 5 heteroatoms. The van der Waals surface area contributed by atoms with E-state index < -0.39 is 6.10 Å². The minimum Gasteiger partial charge on any atom is -0.385 e. The number of aliphatic hydroxyl groups excluding tert-OH is 1. The number of aromatic nitrogens is 3. The quantitative estimate of drug-likeness (QED) is 0.726. The van der Waals surface area contributed by atoms with Crippen molar-refractivity contribution in [1.82, 2.24) is 14.8 Å². The first-order valence-corrected chi connectivity index (χ1v) is 5.03. The third-order valence-electron chi connectivity index (χ3n) is 2.54. The summed E-state index contributed by atoms with van der Waals surface area (Å²) in [4.78, 5) is 0. The molecular weight excluding hydrogens is 180 g/mol. The van der Waals surface area contributed by atoms with Crippen LogP contribution in [0.25, 0.3) is 0 Å². The fraction of sp³-hybridized carbons (Fsp3) is 0.778. The summed E-state index contributed by atoms with van der Waals surface area (Å²) in [6, 6.07) is 0.507. The first kappa shape index (κ1) is 9.61. The van der Waals surface area contributed by atoms with Crippen LogP contribution in [-0.2, 0) is 0 Å². The van der Waals surface area contributed by atoms with Gasteiger partial charge >= 0.3 is 0 Å². The maximum absolute atomic E-state index is 9.79. The summed E-state index contributed by atoms with van der Waals surface area (Å²) >= 11 is 0. The highest BCUT2D eigenvalue weighted by molar-refractivity contribution is 5.03. The summed E-state index contributed by atoms with van der Waals surface area (Å²) in [5.74, 6) is 1.56. The number of nitrogens with zero attached hydrogens (tertiary/aromatic N) is 3. The number of aryl methyl sites for hydroxylation is 1. The Balaban J connectivity index is 2.23. The maximum Gasteiger partial charge on any atom is 0.162 e. The van der Waals surface area contributed by atoms with Crippen molar-refractivity contribution in [2.75, 3.05) is 6.54 Å². The van der Waals surface area contributed by atoms with E-state index in [9.17, 15) is 5.11 Å². The van der Waals surface area contributed by atoms with Crippen LogP contribution < -0.4 is 5.73 Å². The molecule has 0 aromatic carbocycles. The minimum absolute atomic E-state index is 0.470. The molecule has 1 atom stereocenters. The third-order valence-corrected chi connectivity index (χ3v) is 2.54. The van der Waals surface area contributed by atoms with Crippen molar-refractivity contribution in [3.8, 4) is 0 Å². The van der Waals surface area contributed by atoms with Crippen LogP contribution in [0.15, 0.2) is 0 Å². The third kappa shape index (κ3) is 1.65. The molecule has 78 valence electrons. The van der Waals surface area contributed by atoms with Gasteiger partial charge in [0, 0.05) is 6.04 Å². The number of rotatable bonds is 4. The zero-order chi connectivity index (χ0) is 10.1. The van der Waals surface area contributed by atoms with Gasteiger partial charge in [-0.2, -0.15) is 0 Å². The van der Waals surface area contributed by atoms with Crippen LogP contribution in [-0.4, -0.2) is 26.4 Å².